The lowest BCUT2D eigenvalue weighted by Gasteiger charge is -2.20. The molecule has 21 heavy (non-hydrogen) atoms. The molecule has 0 radical (unpaired) electrons. The van der Waals surface area contributed by atoms with Crippen LogP contribution >= 0.6 is 11.3 Å². The summed E-state index contributed by atoms with van der Waals surface area (Å²) in [5.74, 6) is 0.454. The molecule has 0 aliphatic carbocycles. The average Bonchev–Trinajstić information content (AvgIpc) is 2.80. The van der Waals surface area contributed by atoms with Crippen molar-refractivity contribution in [3.8, 4) is 0 Å². The summed E-state index contributed by atoms with van der Waals surface area (Å²) in [6, 6.07) is 6.04. The molecule has 2 rings (SSSR count). The molecule has 2 aromatic rings. The molecule has 0 aliphatic heterocycles. The Hall–Kier alpha value is -1.26. The molecule has 0 spiro atoms. The van der Waals surface area contributed by atoms with Crippen molar-refractivity contribution in [1.29, 1.82) is 0 Å². The average molecular weight is 303 g/mol. The van der Waals surface area contributed by atoms with Crippen molar-refractivity contribution in [3.05, 3.63) is 45.7 Å². The second kappa shape index (κ2) is 6.67. The van der Waals surface area contributed by atoms with E-state index in [1.165, 1.54) is 10.6 Å². The van der Waals surface area contributed by atoms with Gasteiger partial charge in [-0.1, -0.05) is 19.9 Å². The van der Waals surface area contributed by atoms with Gasteiger partial charge in [0.1, 0.15) is 0 Å². The van der Waals surface area contributed by atoms with E-state index in [1.54, 1.807) is 0 Å². The maximum Gasteiger partial charge on any atom is 0.0991 e. The minimum Gasteiger partial charge on any atom is -0.307 e. The van der Waals surface area contributed by atoms with Crippen LogP contribution in [-0.4, -0.2) is 15.5 Å². The van der Waals surface area contributed by atoms with Crippen LogP contribution < -0.4 is 5.32 Å². The second-order valence-corrected chi connectivity index (χ2v) is 7.84. The van der Waals surface area contributed by atoms with E-state index in [0.29, 0.717) is 5.92 Å². The lowest BCUT2D eigenvalue weighted by Crippen LogP contribution is -2.35. The van der Waals surface area contributed by atoms with E-state index in [9.17, 15) is 0 Å². The zero-order chi connectivity index (χ0) is 15.5. The van der Waals surface area contributed by atoms with Gasteiger partial charge in [-0.3, -0.25) is 4.98 Å². The topological polar surface area (TPSA) is 37.8 Å². The number of hydrogen-bond donors (Lipinski definition) is 1. The highest BCUT2D eigenvalue weighted by Gasteiger charge is 2.17. The number of pyridine rings is 1. The maximum atomic E-state index is 4.84. The maximum absolute atomic E-state index is 4.84. The number of thiazole rings is 1. The van der Waals surface area contributed by atoms with Crippen molar-refractivity contribution >= 4 is 11.3 Å². The molecular weight excluding hydrogens is 278 g/mol. The van der Waals surface area contributed by atoms with Crippen LogP contribution in [0.1, 0.15) is 61.8 Å². The third kappa shape index (κ3) is 4.90. The van der Waals surface area contributed by atoms with Gasteiger partial charge < -0.3 is 5.32 Å². The van der Waals surface area contributed by atoms with Crippen molar-refractivity contribution in [1.82, 2.24) is 15.3 Å². The minimum atomic E-state index is 0.124. The Bertz CT molecular complexity index is 567. The number of nitrogens with one attached hydrogen (secondary N) is 1. The van der Waals surface area contributed by atoms with E-state index in [0.717, 1.165) is 23.7 Å². The summed E-state index contributed by atoms with van der Waals surface area (Å²) in [4.78, 5) is 10.6. The fraction of sp³-hybridized carbons (Fsp3) is 0.529. The normalized spacial score (nSPS) is 12.1. The van der Waals surface area contributed by atoms with E-state index in [4.69, 9.17) is 4.98 Å². The summed E-state index contributed by atoms with van der Waals surface area (Å²) in [6.45, 7) is 11.9. The van der Waals surface area contributed by atoms with Gasteiger partial charge in [-0.15, -0.1) is 11.3 Å². The SMILES string of the molecule is CC(C)c1nc(Cc2ccccn2)sc1CNC(C)(C)C. The lowest BCUT2D eigenvalue weighted by molar-refractivity contribution is 0.425. The predicted octanol–water partition coefficient (Wildman–Crippen LogP) is 4.14. The molecule has 0 aromatic carbocycles. The van der Waals surface area contributed by atoms with Crippen molar-refractivity contribution in [2.75, 3.05) is 0 Å². The van der Waals surface area contributed by atoms with Gasteiger partial charge in [-0.2, -0.15) is 0 Å². The highest BCUT2D eigenvalue weighted by atomic mass is 32.1. The molecule has 0 bridgehead atoms. The van der Waals surface area contributed by atoms with Gasteiger partial charge in [0.05, 0.1) is 10.7 Å². The third-order valence-electron chi connectivity index (χ3n) is 3.16. The van der Waals surface area contributed by atoms with E-state index >= 15 is 0 Å². The van der Waals surface area contributed by atoms with Gasteiger partial charge in [0.2, 0.25) is 0 Å². The second-order valence-electron chi connectivity index (χ2n) is 6.67. The first kappa shape index (κ1) is 16.1. The van der Waals surface area contributed by atoms with Crippen LogP contribution in [0.25, 0.3) is 0 Å². The first-order chi connectivity index (χ1) is 9.85. The summed E-state index contributed by atoms with van der Waals surface area (Å²) in [5.41, 5.74) is 2.43. The summed E-state index contributed by atoms with van der Waals surface area (Å²) >= 11 is 1.81. The molecular formula is C17H25N3S. The van der Waals surface area contributed by atoms with Gasteiger partial charge in [-0.25, -0.2) is 4.98 Å². The quantitative estimate of drug-likeness (QED) is 0.902. The van der Waals surface area contributed by atoms with Gasteiger partial charge in [0.25, 0.3) is 0 Å². The fourth-order valence-corrected chi connectivity index (χ4v) is 3.25. The largest absolute Gasteiger partial charge is 0.307 e. The molecule has 0 amide bonds. The van der Waals surface area contributed by atoms with Gasteiger partial charge >= 0.3 is 0 Å². The molecule has 0 atom stereocenters. The molecule has 0 saturated carbocycles. The molecule has 0 fully saturated rings. The molecule has 0 unspecified atom stereocenters. The summed E-state index contributed by atoms with van der Waals surface area (Å²) in [7, 11) is 0. The zero-order valence-electron chi connectivity index (χ0n) is 13.6. The number of nitrogens with zero attached hydrogens (tertiary/aromatic N) is 2. The molecule has 114 valence electrons. The Kier molecular flexibility index (Phi) is 5.12. The predicted molar refractivity (Wildman–Crippen MR) is 89.8 cm³/mol. The summed E-state index contributed by atoms with van der Waals surface area (Å²) in [5, 5.41) is 4.72. The third-order valence-corrected chi connectivity index (χ3v) is 4.23. The number of rotatable bonds is 5. The van der Waals surface area contributed by atoms with Crippen LogP contribution in [0.3, 0.4) is 0 Å². The van der Waals surface area contributed by atoms with Gasteiger partial charge in [-0.05, 0) is 38.8 Å². The first-order valence-corrected chi connectivity index (χ1v) is 8.30. The van der Waals surface area contributed by atoms with E-state index < -0.39 is 0 Å². The Labute approximate surface area is 131 Å². The van der Waals surface area contributed by atoms with Crippen LogP contribution in [0.4, 0.5) is 0 Å². The molecule has 0 saturated heterocycles. The van der Waals surface area contributed by atoms with Crippen molar-refractivity contribution in [3.63, 3.8) is 0 Å². The standard InChI is InChI=1S/C17H25N3S/c1-12(2)16-14(11-19-17(3,4)5)21-15(20-16)10-13-8-6-7-9-18-13/h6-9,12,19H,10-11H2,1-5H3. The highest BCUT2D eigenvalue weighted by molar-refractivity contribution is 7.11. The molecule has 3 nitrogen and oxygen atoms in total. The lowest BCUT2D eigenvalue weighted by atomic mass is 10.1. The van der Waals surface area contributed by atoms with Crippen LogP contribution in [0.5, 0.6) is 0 Å². The fourth-order valence-electron chi connectivity index (χ4n) is 2.07. The van der Waals surface area contributed by atoms with Crippen molar-refractivity contribution < 1.29 is 0 Å². The summed E-state index contributed by atoms with van der Waals surface area (Å²) in [6.07, 6.45) is 2.66. The van der Waals surface area contributed by atoms with Crippen LogP contribution in [0.2, 0.25) is 0 Å². The molecule has 2 aromatic heterocycles. The Balaban J connectivity index is 2.17. The van der Waals surface area contributed by atoms with Crippen LogP contribution in [0.15, 0.2) is 24.4 Å². The van der Waals surface area contributed by atoms with Gasteiger partial charge in [0, 0.05) is 35.3 Å². The Morgan fingerprint density at radius 2 is 2.00 bits per heavy atom. The van der Waals surface area contributed by atoms with Crippen molar-refractivity contribution in [2.45, 2.75) is 59.0 Å². The Morgan fingerprint density at radius 3 is 2.57 bits per heavy atom. The Morgan fingerprint density at radius 1 is 1.24 bits per heavy atom. The summed E-state index contributed by atoms with van der Waals surface area (Å²) < 4.78 is 0. The van der Waals surface area contributed by atoms with E-state index in [2.05, 4.69) is 51.0 Å². The molecule has 0 aliphatic rings. The van der Waals surface area contributed by atoms with Gasteiger partial charge in [0.15, 0.2) is 0 Å². The first-order valence-electron chi connectivity index (χ1n) is 7.48. The zero-order valence-corrected chi connectivity index (χ0v) is 14.4. The van der Waals surface area contributed by atoms with Crippen LogP contribution in [0, 0.1) is 0 Å². The number of hydrogen-bond acceptors (Lipinski definition) is 4. The minimum absolute atomic E-state index is 0.124. The highest BCUT2D eigenvalue weighted by Crippen LogP contribution is 2.26. The van der Waals surface area contributed by atoms with E-state index in [-0.39, 0.29) is 5.54 Å². The molecule has 4 heteroatoms. The van der Waals surface area contributed by atoms with Crippen molar-refractivity contribution in [2.24, 2.45) is 0 Å². The molecule has 1 N–H and O–H groups in total. The van der Waals surface area contributed by atoms with E-state index in [1.807, 2.05) is 29.7 Å². The smallest absolute Gasteiger partial charge is 0.0991 e. The number of aromatic nitrogens is 2. The van der Waals surface area contributed by atoms with Crippen LogP contribution in [-0.2, 0) is 13.0 Å². The monoisotopic (exact) mass is 303 g/mol. The molecule has 2 heterocycles.